The molecule has 2 N–H and O–H groups in total. The van der Waals surface area contributed by atoms with Gasteiger partial charge in [0.2, 0.25) is 0 Å². The van der Waals surface area contributed by atoms with Crippen LogP contribution in [0, 0.1) is 0 Å². The van der Waals surface area contributed by atoms with Gasteiger partial charge in [0.15, 0.2) is 0 Å². The molecule has 4 heteroatoms. The molecule has 2 aromatic rings. The second-order valence-electron chi connectivity index (χ2n) is 3.73. The molecular weight excluding hydrogens is 216 g/mol. The Hall–Kier alpha value is -2.36. The molecule has 0 aliphatic rings. The molecule has 2 aromatic carbocycles. The third kappa shape index (κ3) is 1.97. The van der Waals surface area contributed by atoms with E-state index in [4.69, 9.17) is 5.73 Å². The van der Waals surface area contributed by atoms with Crippen molar-refractivity contribution in [2.75, 3.05) is 11.9 Å². The van der Waals surface area contributed by atoms with Crippen LogP contribution in [0.5, 0.6) is 0 Å². The van der Waals surface area contributed by atoms with E-state index < -0.39 is 11.8 Å². The third-order valence-corrected chi connectivity index (χ3v) is 2.64. The molecule has 0 aliphatic heterocycles. The minimum absolute atomic E-state index is 0.673. The molecule has 2 amide bonds. The highest BCUT2D eigenvalue weighted by Crippen LogP contribution is 2.25. The summed E-state index contributed by atoms with van der Waals surface area (Å²) in [7, 11) is 1.54. The first kappa shape index (κ1) is 11.1. The maximum atomic E-state index is 11.5. The average molecular weight is 228 g/mol. The topological polar surface area (TPSA) is 63.4 Å². The van der Waals surface area contributed by atoms with Gasteiger partial charge in [-0.3, -0.25) is 9.59 Å². The number of hydrogen-bond donors (Lipinski definition) is 1. The molecule has 0 atom stereocenters. The lowest BCUT2D eigenvalue weighted by atomic mass is 10.1. The molecule has 0 aliphatic carbocycles. The Morgan fingerprint density at radius 2 is 1.71 bits per heavy atom. The number of fused-ring (bicyclic) bond motifs is 1. The Morgan fingerprint density at radius 1 is 1.06 bits per heavy atom. The molecule has 0 saturated heterocycles. The van der Waals surface area contributed by atoms with Gasteiger partial charge in [0.25, 0.3) is 0 Å². The minimum atomic E-state index is -0.958. The van der Waals surface area contributed by atoms with Crippen molar-refractivity contribution in [2.45, 2.75) is 0 Å². The number of carbonyl (C=O) groups excluding carboxylic acids is 2. The molecular formula is C13H12N2O2. The summed E-state index contributed by atoms with van der Waals surface area (Å²) in [6, 6.07) is 13.2. The Bertz CT molecular complexity index is 587. The van der Waals surface area contributed by atoms with Gasteiger partial charge in [-0.15, -0.1) is 0 Å². The van der Waals surface area contributed by atoms with E-state index in [9.17, 15) is 9.59 Å². The van der Waals surface area contributed by atoms with Crippen LogP contribution >= 0.6 is 0 Å². The number of nitrogens with two attached hydrogens (primary N) is 1. The molecule has 0 radical (unpaired) electrons. The summed E-state index contributed by atoms with van der Waals surface area (Å²) in [4.78, 5) is 23.7. The second kappa shape index (κ2) is 4.25. The zero-order chi connectivity index (χ0) is 12.4. The molecule has 0 fully saturated rings. The number of anilines is 1. The molecule has 0 saturated carbocycles. The fourth-order valence-electron chi connectivity index (χ4n) is 1.78. The summed E-state index contributed by atoms with van der Waals surface area (Å²) < 4.78 is 0. The summed E-state index contributed by atoms with van der Waals surface area (Å²) in [6.07, 6.45) is 0. The smallest absolute Gasteiger partial charge is 0.315 e. The molecule has 2 rings (SSSR count). The maximum Gasteiger partial charge on any atom is 0.315 e. The highest BCUT2D eigenvalue weighted by Gasteiger charge is 2.17. The molecule has 0 unspecified atom stereocenters. The van der Waals surface area contributed by atoms with Crippen LogP contribution in [0.15, 0.2) is 42.5 Å². The molecule has 0 bridgehead atoms. The molecule has 0 heterocycles. The van der Waals surface area contributed by atoms with E-state index in [-0.39, 0.29) is 0 Å². The first-order chi connectivity index (χ1) is 8.11. The van der Waals surface area contributed by atoms with Gasteiger partial charge in [0, 0.05) is 12.4 Å². The monoisotopic (exact) mass is 228 g/mol. The molecule has 0 aromatic heterocycles. The van der Waals surface area contributed by atoms with Gasteiger partial charge in [-0.1, -0.05) is 36.4 Å². The first-order valence-electron chi connectivity index (χ1n) is 5.16. The van der Waals surface area contributed by atoms with Crippen LogP contribution in [0.2, 0.25) is 0 Å². The standard InChI is InChI=1S/C13H12N2O2/c1-15(13(17)12(14)16)11-8-4-6-9-5-2-3-7-10(9)11/h2-8H,1H3,(H2,14,16). The Kier molecular flexibility index (Phi) is 2.78. The van der Waals surface area contributed by atoms with Crippen molar-refractivity contribution < 1.29 is 9.59 Å². The van der Waals surface area contributed by atoms with Crippen molar-refractivity contribution in [1.82, 2.24) is 0 Å². The number of rotatable bonds is 1. The normalized spacial score (nSPS) is 10.2. The number of hydrogen-bond acceptors (Lipinski definition) is 2. The zero-order valence-corrected chi connectivity index (χ0v) is 9.38. The van der Waals surface area contributed by atoms with Gasteiger partial charge in [0.1, 0.15) is 0 Å². The van der Waals surface area contributed by atoms with Crippen molar-refractivity contribution in [3.63, 3.8) is 0 Å². The maximum absolute atomic E-state index is 11.5. The predicted molar refractivity (Wildman–Crippen MR) is 66.6 cm³/mol. The van der Waals surface area contributed by atoms with Gasteiger partial charge in [-0.25, -0.2) is 0 Å². The third-order valence-electron chi connectivity index (χ3n) is 2.64. The molecule has 86 valence electrons. The van der Waals surface area contributed by atoms with Crippen LogP contribution < -0.4 is 10.6 Å². The van der Waals surface area contributed by atoms with Gasteiger partial charge in [-0.05, 0) is 11.5 Å². The minimum Gasteiger partial charge on any atom is -0.361 e. The SMILES string of the molecule is CN(C(=O)C(N)=O)c1cccc2ccccc12. The molecule has 4 nitrogen and oxygen atoms in total. The van der Waals surface area contributed by atoms with Gasteiger partial charge in [-0.2, -0.15) is 0 Å². The van der Waals surface area contributed by atoms with Crippen molar-refractivity contribution in [3.8, 4) is 0 Å². The van der Waals surface area contributed by atoms with Gasteiger partial charge in [0.05, 0.1) is 5.69 Å². The van der Waals surface area contributed by atoms with Crippen LogP contribution in [0.4, 0.5) is 5.69 Å². The summed E-state index contributed by atoms with van der Waals surface area (Å²) in [6.45, 7) is 0. The Morgan fingerprint density at radius 3 is 2.41 bits per heavy atom. The van der Waals surface area contributed by atoms with E-state index in [1.54, 1.807) is 6.07 Å². The zero-order valence-electron chi connectivity index (χ0n) is 9.38. The summed E-state index contributed by atoms with van der Waals surface area (Å²) in [5.41, 5.74) is 5.66. The van der Waals surface area contributed by atoms with Crippen molar-refractivity contribution in [2.24, 2.45) is 5.73 Å². The van der Waals surface area contributed by atoms with E-state index >= 15 is 0 Å². The number of benzene rings is 2. The highest BCUT2D eigenvalue weighted by atomic mass is 16.2. The number of amides is 2. The largest absolute Gasteiger partial charge is 0.361 e. The Labute approximate surface area is 98.6 Å². The predicted octanol–water partition coefficient (Wildman–Crippen LogP) is 1.29. The quantitative estimate of drug-likeness (QED) is 0.747. The first-order valence-corrected chi connectivity index (χ1v) is 5.16. The van der Waals surface area contributed by atoms with Gasteiger partial charge >= 0.3 is 11.8 Å². The van der Waals surface area contributed by atoms with E-state index in [0.29, 0.717) is 5.69 Å². The van der Waals surface area contributed by atoms with Crippen LogP contribution in [0.1, 0.15) is 0 Å². The summed E-state index contributed by atoms with van der Waals surface area (Å²) >= 11 is 0. The van der Waals surface area contributed by atoms with E-state index in [1.165, 1.54) is 11.9 Å². The van der Waals surface area contributed by atoms with Crippen molar-refractivity contribution >= 4 is 28.3 Å². The molecule has 0 spiro atoms. The fourth-order valence-corrected chi connectivity index (χ4v) is 1.78. The number of nitrogens with zero attached hydrogens (tertiary/aromatic N) is 1. The molecule has 17 heavy (non-hydrogen) atoms. The summed E-state index contributed by atoms with van der Waals surface area (Å²) in [5, 5.41) is 1.92. The van der Waals surface area contributed by atoms with Crippen molar-refractivity contribution in [3.05, 3.63) is 42.5 Å². The lowest BCUT2D eigenvalue weighted by Gasteiger charge is -2.17. The van der Waals surface area contributed by atoms with Crippen molar-refractivity contribution in [1.29, 1.82) is 0 Å². The van der Waals surface area contributed by atoms with E-state index in [0.717, 1.165) is 10.8 Å². The highest BCUT2D eigenvalue weighted by molar-refractivity contribution is 6.40. The average Bonchev–Trinajstić information content (AvgIpc) is 2.36. The van der Waals surface area contributed by atoms with E-state index in [1.807, 2.05) is 36.4 Å². The van der Waals surface area contributed by atoms with Crippen LogP contribution in [0.25, 0.3) is 10.8 Å². The summed E-state index contributed by atoms with van der Waals surface area (Å²) in [5.74, 6) is -1.68. The fraction of sp³-hybridized carbons (Fsp3) is 0.0769. The number of carbonyl (C=O) groups is 2. The van der Waals surface area contributed by atoms with Crippen LogP contribution in [0.3, 0.4) is 0 Å². The van der Waals surface area contributed by atoms with E-state index in [2.05, 4.69) is 0 Å². The lowest BCUT2D eigenvalue weighted by Crippen LogP contribution is -2.37. The van der Waals surface area contributed by atoms with Crippen LogP contribution in [-0.4, -0.2) is 18.9 Å². The van der Waals surface area contributed by atoms with Gasteiger partial charge < -0.3 is 10.6 Å². The second-order valence-corrected chi connectivity index (χ2v) is 3.73. The number of primary amides is 1. The number of likely N-dealkylation sites (N-methyl/N-ethyl adjacent to an activating group) is 1. The van der Waals surface area contributed by atoms with Crippen LogP contribution in [-0.2, 0) is 9.59 Å². The Balaban J connectivity index is 2.56. The lowest BCUT2D eigenvalue weighted by molar-refractivity contribution is -0.135.